The molecule has 132 valence electrons. The number of amides is 1. The van der Waals surface area contributed by atoms with Crippen LogP contribution in [0, 0.1) is 17.7 Å². The number of hydrogen-bond acceptors (Lipinski definition) is 3. The zero-order valence-corrected chi connectivity index (χ0v) is 14.3. The molecular weight excluding hydrogens is 307 g/mol. The van der Waals surface area contributed by atoms with Gasteiger partial charge >= 0.3 is 0 Å². The fourth-order valence-corrected chi connectivity index (χ4v) is 3.87. The van der Waals surface area contributed by atoms with Gasteiger partial charge in [-0.1, -0.05) is 18.2 Å². The number of halogens is 1. The highest BCUT2D eigenvalue weighted by Gasteiger charge is 2.39. The fourth-order valence-electron chi connectivity index (χ4n) is 3.87. The van der Waals surface area contributed by atoms with E-state index in [0.29, 0.717) is 31.1 Å². The summed E-state index contributed by atoms with van der Waals surface area (Å²) in [5.74, 6) is 0.276. The van der Waals surface area contributed by atoms with Gasteiger partial charge in [0.25, 0.3) is 0 Å². The summed E-state index contributed by atoms with van der Waals surface area (Å²) in [5, 5.41) is 2.98. The molecule has 1 amide bonds. The van der Waals surface area contributed by atoms with Crippen molar-refractivity contribution in [3.05, 3.63) is 35.6 Å². The van der Waals surface area contributed by atoms with Crippen molar-refractivity contribution in [2.24, 2.45) is 11.8 Å². The van der Waals surface area contributed by atoms with Crippen molar-refractivity contribution in [2.75, 3.05) is 33.3 Å². The van der Waals surface area contributed by atoms with Crippen LogP contribution in [0.1, 0.15) is 24.8 Å². The summed E-state index contributed by atoms with van der Waals surface area (Å²) in [6.07, 6.45) is 3.56. The smallest absolute Gasteiger partial charge is 0.225 e. The second kappa shape index (κ2) is 8.08. The zero-order valence-electron chi connectivity index (χ0n) is 14.3. The van der Waals surface area contributed by atoms with Crippen molar-refractivity contribution in [1.82, 2.24) is 10.2 Å². The molecule has 0 aromatic heterocycles. The summed E-state index contributed by atoms with van der Waals surface area (Å²) in [7, 11) is 2.14. The van der Waals surface area contributed by atoms with E-state index < -0.39 is 0 Å². The van der Waals surface area contributed by atoms with E-state index in [1.165, 1.54) is 6.07 Å². The fraction of sp³-hybridized carbons (Fsp3) is 0.632. The lowest BCUT2D eigenvalue weighted by Gasteiger charge is -2.34. The molecule has 0 saturated carbocycles. The van der Waals surface area contributed by atoms with Crippen LogP contribution in [0.2, 0.25) is 0 Å². The van der Waals surface area contributed by atoms with Crippen LogP contribution in [0.25, 0.3) is 0 Å². The van der Waals surface area contributed by atoms with Crippen LogP contribution in [0.3, 0.4) is 0 Å². The number of likely N-dealkylation sites (tertiary alicyclic amines) is 1. The molecule has 2 saturated heterocycles. The Labute approximate surface area is 143 Å². The quantitative estimate of drug-likeness (QED) is 0.898. The first-order chi connectivity index (χ1) is 11.6. The molecule has 2 heterocycles. The summed E-state index contributed by atoms with van der Waals surface area (Å²) in [5.41, 5.74) is 0.646. The minimum atomic E-state index is -0.208. The Balaban J connectivity index is 1.49. The molecule has 24 heavy (non-hydrogen) atoms. The van der Waals surface area contributed by atoms with Gasteiger partial charge in [0.1, 0.15) is 5.82 Å². The molecule has 1 aromatic rings. The third kappa shape index (κ3) is 4.14. The van der Waals surface area contributed by atoms with Crippen molar-refractivity contribution in [1.29, 1.82) is 0 Å². The second-order valence-electron chi connectivity index (χ2n) is 7.00. The Morgan fingerprint density at radius 2 is 2.04 bits per heavy atom. The molecule has 1 N–H and O–H groups in total. The van der Waals surface area contributed by atoms with Gasteiger partial charge < -0.3 is 15.0 Å². The van der Waals surface area contributed by atoms with Crippen LogP contribution < -0.4 is 5.32 Å². The van der Waals surface area contributed by atoms with Crippen LogP contribution >= 0.6 is 0 Å². The van der Waals surface area contributed by atoms with E-state index in [1.807, 2.05) is 6.07 Å². The summed E-state index contributed by atoms with van der Waals surface area (Å²) in [4.78, 5) is 14.9. The molecule has 2 atom stereocenters. The first-order valence-corrected chi connectivity index (χ1v) is 8.96. The van der Waals surface area contributed by atoms with Gasteiger partial charge in [0.05, 0.1) is 12.0 Å². The molecule has 3 rings (SSSR count). The average molecular weight is 334 g/mol. The topological polar surface area (TPSA) is 41.6 Å². The molecule has 0 bridgehead atoms. The number of carbonyl (C=O) groups is 1. The lowest BCUT2D eigenvalue weighted by Crippen LogP contribution is -2.42. The maximum atomic E-state index is 13.6. The van der Waals surface area contributed by atoms with Gasteiger partial charge in [-0.05, 0) is 63.4 Å². The highest BCUT2D eigenvalue weighted by Crippen LogP contribution is 2.32. The molecule has 2 aliphatic rings. The van der Waals surface area contributed by atoms with Gasteiger partial charge in [-0.3, -0.25) is 4.79 Å². The monoisotopic (exact) mass is 334 g/mol. The molecule has 0 aliphatic carbocycles. The maximum absolute atomic E-state index is 13.6. The van der Waals surface area contributed by atoms with Crippen LogP contribution in [0.5, 0.6) is 0 Å². The maximum Gasteiger partial charge on any atom is 0.225 e. The van der Waals surface area contributed by atoms with E-state index >= 15 is 0 Å². The van der Waals surface area contributed by atoms with E-state index in [4.69, 9.17) is 4.74 Å². The van der Waals surface area contributed by atoms with E-state index in [0.717, 1.165) is 32.4 Å². The Hall–Kier alpha value is -1.46. The van der Waals surface area contributed by atoms with Crippen LogP contribution in [0.4, 0.5) is 4.39 Å². The number of piperidine rings is 1. The molecule has 0 spiro atoms. The number of rotatable bonds is 5. The van der Waals surface area contributed by atoms with Crippen LogP contribution in [0.15, 0.2) is 24.3 Å². The highest BCUT2D eigenvalue weighted by atomic mass is 19.1. The largest absolute Gasteiger partial charge is 0.377 e. The molecule has 2 aliphatic heterocycles. The van der Waals surface area contributed by atoms with Gasteiger partial charge in [-0.2, -0.15) is 0 Å². The zero-order chi connectivity index (χ0) is 16.9. The minimum Gasteiger partial charge on any atom is -0.377 e. The minimum absolute atomic E-state index is 0.0483. The lowest BCUT2D eigenvalue weighted by molar-refractivity contribution is -0.128. The van der Waals surface area contributed by atoms with E-state index in [1.54, 1.807) is 12.1 Å². The van der Waals surface area contributed by atoms with Gasteiger partial charge in [0.15, 0.2) is 0 Å². The number of benzene rings is 1. The van der Waals surface area contributed by atoms with Crippen LogP contribution in [-0.2, 0) is 16.0 Å². The van der Waals surface area contributed by atoms with Crippen molar-refractivity contribution < 1.29 is 13.9 Å². The lowest BCUT2D eigenvalue weighted by atomic mass is 9.84. The Kier molecular flexibility index (Phi) is 5.85. The van der Waals surface area contributed by atoms with Crippen molar-refractivity contribution in [2.45, 2.75) is 31.8 Å². The first-order valence-electron chi connectivity index (χ1n) is 8.96. The Morgan fingerprint density at radius 1 is 1.29 bits per heavy atom. The summed E-state index contributed by atoms with van der Waals surface area (Å²) in [6.45, 7) is 3.29. The predicted octanol–water partition coefficient (Wildman–Crippen LogP) is 2.23. The van der Waals surface area contributed by atoms with Crippen molar-refractivity contribution >= 4 is 5.91 Å². The summed E-state index contributed by atoms with van der Waals surface area (Å²) >= 11 is 0. The number of ether oxygens (including phenoxy) is 1. The van der Waals surface area contributed by atoms with E-state index in [9.17, 15) is 9.18 Å². The number of nitrogens with one attached hydrogen (secondary N) is 1. The summed E-state index contributed by atoms with van der Waals surface area (Å²) in [6, 6.07) is 6.72. The molecule has 0 unspecified atom stereocenters. The summed E-state index contributed by atoms with van der Waals surface area (Å²) < 4.78 is 19.5. The third-order valence-electron chi connectivity index (χ3n) is 5.35. The van der Waals surface area contributed by atoms with E-state index in [-0.39, 0.29) is 23.7 Å². The van der Waals surface area contributed by atoms with Gasteiger partial charge in [-0.25, -0.2) is 4.39 Å². The van der Waals surface area contributed by atoms with Gasteiger partial charge in [-0.15, -0.1) is 0 Å². The van der Waals surface area contributed by atoms with Gasteiger partial charge in [0, 0.05) is 13.2 Å². The Morgan fingerprint density at radius 3 is 2.79 bits per heavy atom. The molecule has 4 nitrogen and oxygen atoms in total. The van der Waals surface area contributed by atoms with E-state index in [2.05, 4.69) is 17.3 Å². The SMILES string of the molecule is CN1CCC([C@H]2OCC[C@@H]2C(=O)NCCc2ccccc2F)CC1. The predicted molar refractivity (Wildman–Crippen MR) is 91.2 cm³/mol. The average Bonchev–Trinajstić information content (AvgIpc) is 3.07. The number of nitrogens with zero attached hydrogens (tertiary/aromatic N) is 1. The molecular formula is C19H27FN2O2. The second-order valence-corrected chi connectivity index (χ2v) is 7.00. The molecule has 0 radical (unpaired) electrons. The Bertz CT molecular complexity index is 558. The normalized spacial score (nSPS) is 25.8. The van der Waals surface area contributed by atoms with Crippen molar-refractivity contribution in [3.63, 3.8) is 0 Å². The van der Waals surface area contributed by atoms with Crippen LogP contribution in [-0.4, -0.2) is 50.2 Å². The highest BCUT2D eigenvalue weighted by molar-refractivity contribution is 5.79. The first kappa shape index (κ1) is 17.4. The molecule has 1 aromatic carbocycles. The number of hydrogen-bond donors (Lipinski definition) is 1. The third-order valence-corrected chi connectivity index (χ3v) is 5.35. The molecule has 5 heteroatoms. The molecule has 2 fully saturated rings. The van der Waals surface area contributed by atoms with Crippen molar-refractivity contribution in [3.8, 4) is 0 Å². The standard InChI is InChI=1S/C19H27FN2O2/c1-22-11-7-15(8-12-22)18-16(9-13-24-18)19(23)21-10-6-14-4-2-3-5-17(14)20/h2-5,15-16,18H,6-13H2,1H3,(H,21,23)/t16-,18+/m0/s1. The van der Waals surface area contributed by atoms with Gasteiger partial charge in [0.2, 0.25) is 5.91 Å². The number of carbonyl (C=O) groups excluding carboxylic acids is 1.